The van der Waals surface area contributed by atoms with Crippen molar-refractivity contribution in [1.82, 2.24) is 0 Å². The van der Waals surface area contributed by atoms with Crippen LogP contribution in [0.25, 0.3) is 0 Å². The van der Waals surface area contributed by atoms with Gasteiger partial charge in [-0.25, -0.2) is 0 Å². The lowest BCUT2D eigenvalue weighted by Crippen LogP contribution is -2.56. The molecule has 24 heavy (non-hydrogen) atoms. The van der Waals surface area contributed by atoms with Crippen LogP contribution in [-0.4, -0.2) is 16.6 Å². The predicted molar refractivity (Wildman–Crippen MR) is 93.7 cm³/mol. The first-order valence-electron chi connectivity index (χ1n) is 8.98. The molecule has 2 N–H and O–H groups in total. The van der Waals surface area contributed by atoms with Crippen molar-refractivity contribution in [2.24, 2.45) is 17.3 Å². The second kappa shape index (κ2) is 5.57. The van der Waals surface area contributed by atoms with Gasteiger partial charge in [-0.2, -0.15) is 5.26 Å². The third-order valence-electron chi connectivity index (χ3n) is 6.19. The van der Waals surface area contributed by atoms with E-state index in [0.717, 1.165) is 43.4 Å². The Labute approximate surface area is 146 Å². The molecule has 4 saturated carbocycles. The Hall–Kier alpha value is -1.38. The van der Waals surface area contributed by atoms with Gasteiger partial charge in [0.25, 0.3) is 0 Å². The molecule has 4 aliphatic carbocycles. The molecule has 1 amide bonds. The first-order valence-corrected chi connectivity index (χ1v) is 9.79. The van der Waals surface area contributed by atoms with Gasteiger partial charge in [-0.05, 0) is 68.3 Å². The highest BCUT2D eigenvalue weighted by atomic mass is 32.1. The summed E-state index contributed by atoms with van der Waals surface area (Å²) in [5, 5.41) is 23.7. The van der Waals surface area contributed by atoms with Crippen LogP contribution in [-0.2, 0) is 11.2 Å². The number of carbonyl (C=O) groups is 1. The summed E-state index contributed by atoms with van der Waals surface area (Å²) in [4.78, 5) is 13.8. The van der Waals surface area contributed by atoms with Gasteiger partial charge < -0.3 is 10.4 Å². The number of nitrogens with zero attached hydrogens (tertiary/aromatic N) is 1. The van der Waals surface area contributed by atoms with E-state index in [-0.39, 0.29) is 11.3 Å². The number of nitriles is 1. The molecular weight excluding hydrogens is 320 g/mol. The minimum absolute atomic E-state index is 0.00144. The Morgan fingerprint density at radius 3 is 2.71 bits per heavy atom. The predicted octanol–water partition coefficient (Wildman–Crippen LogP) is 3.84. The number of nitrogens with one attached hydrogen (secondary N) is 1. The van der Waals surface area contributed by atoms with Crippen LogP contribution in [0.5, 0.6) is 0 Å². The molecule has 4 fully saturated rings. The molecular formula is C19H24N2O2S. The van der Waals surface area contributed by atoms with Crippen molar-refractivity contribution in [3.8, 4) is 6.07 Å². The number of anilines is 1. The maximum absolute atomic E-state index is 12.7. The molecule has 1 aromatic heterocycles. The van der Waals surface area contributed by atoms with E-state index in [9.17, 15) is 15.2 Å². The fourth-order valence-corrected chi connectivity index (χ4v) is 6.88. The third-order valence-corrected chi connectivity index (χ3v) is 7.39. The van der Waals surface area contributed by atoms with E-state index >= 15 is 0 Å². The molecule has 5 rings (SSSR count). The maximum Gasteiger partial charge on any atom is 0.225 e. The molecule has 5 heteroatoms. The van der Waals surface area contributed by atoms with Gasteiger partial charge in [-0.15, -0.1) is 11.3 Å². The van der Waals surface area contributed by atoms with Crippen LogP contribution in [0.15, 0.2) is 6.07 Å². The Balaban J connectivity index is 1.49. The topological polar surface area (TPSA) is 73.1 Å². The lowest BCUT2D eigenvalue weighted by atomic mass is 9.47. The van der Waals surface area contributed by atoms with Gasteiger partial charge in [0.15, 0.2) is 0 Å². The molecule has 0 spiro atoms. The third kappa shape index (κ3) is 2.76. The second-order valence-corrected chi connectivity index (χ2v) is 9.47. The summed E-state index contributed by atoms with van der Waals surface area (Å²) in [7, 11) is 0. The number of hydrogen-bond acceptors (Lipinski definition) is 4. The van der Waals surface area contributed by atoms with Gasteiger partial charge in [0.05, 0.1) is 11.2 Å². The van der Waals surface area contributed by atoms with E-state index in [4.69, 9.17) is 0 Å². The standard InChI is InChI=1S/C19H24N2O2S/c1-2-15-4-14(10-20)17(24-15)21-16(22)9-18-5-12-3-13(6-18)8-19(23,7-12)11-18/h4,12-13,23H,2-3,5-9,11H2,1H3,(H,21,22)/t12-,13-,18?,19?/m1/s1. The first-order chi connectivity index (χ1) is 11.4. The zero-order valence-electron chi connectivity index (χ0n) is 14.1. The summed E-state index contributed by atoms with van der Waals surface area (Å²) in [6, 6.07) is 4.05. The highest BCUT2D eigenvalue weighted by molar-refractivity contribution is 7.16. The average molecular weight is 344 g/mol. The minimum atomic E-state index is -0.527. The minimum Gasteiger partial charge on any atom is -0.390 e. The quantitative estimate of drug-likeness (QED) is 0.871. The summed E-state index contributed by atoms with van der Waals surface area (Å²) in [5.41, 5.74) is 0.00970. The highest BCUT2D eigenvalue weighted by Gasteiger charge is 2.57. The molecule has 4 aliphatic rings. The van der Waals surface area contributed by atoms with Crippen LogP contribution in [0.4, 0.5) is 5.00 Å². The van der Waals surface area contributed by atoms with Crippen molar-refractivity contribution < 1.29 is 9.90 Å². The fraction of sp³-hybridized carbons (Fsp3) is 0.684. The van der Waals surface area contributed by atoms with E-state index in [1.54, 1.807) is 0 Å². The summed E-state index contributed by atoms with van der Waals surface area (Å²) in [6.45, 7) is 2.05. The molecule has 1 aromatic rings. The molecule has 128 valence electrons. The van der Waals surface area contributed by atoms with Crippen molar-refractivity contribution in [1.29, 1.82) is 5.26 Å². The summed E-state index contributed by atoms with van der Waals surface area (Å²) in [6.07, 6.45) is 7.36. The van der Waals surface area contributed by atoms with Gasteiger partial charge in [0.1, 0.15) is 11.1 Å². The second-order valence-electron chi connectivity index (χ2n) is 8.33. The van der Waals surface area contributed by atoms with E-state index in [2.05, 4.69) is 18.3 Å². The van der Waals surface area contributed by atoms with Gasteiger partial charge >= 0.3 is 0 Å². The molecule has 1 heterocycles. The van der Waals surface area contributed by atoms with Crippen molar-refractivity contribution >= 4 is 22.2 Å². The van der Waals surface area contributed by atoms with Crippen LogP contribution >= 0.6 is 11.3 Å². The number of thiophene rings is 1. The highest BCUT2D eigenvalue weighted by Crippen LogP contribution is 2.62. The van der Waals surface area contributed by atoms with Crippen molar-refractivity contribution in [3.63, 3.8) is 0 Å². The average Bonchev–Trinajstić information content (AvgIpc) is 2.85. The van der Waals surface area contributed by atoms with E-state index in [0.29, 0.717) is 28.8 Å². The lowest BCUT2D eigenvalue weighted by Gasteiger charge is -2.60. The van der Waals surface area contributed by atoms with Gasteiger partial charge in [-0.3, -0.25) is 4.79 Å². The van der Waals surface area contributed by atoms with Crippen LogP contribution < -0.4 is 5.32 Å². The fourth-order valence-electron chi connectivity index (χ4n) is 5.91. The molecule has 4 nitrogen and oxygen atoms in total. The molecule has 4 bridgehead atoms. The zero-order valence-corrected chi connectivity index (χ0v) is 14.9. The first kappa shape index (κ1) is 16.1. The van der Waals surface area contributed by atoms with Gasteiger partial charge in [0.2, 0.25) is 5.91 Å². The van der Waals surface area contributed by atoms with Crippen molar-refractivity contribution in [3.05, 3.63) is 16.5 Å². The Bertz CT molecular complexity index is 703. The van der Waals surface area contributed by atoms with E-state index in [1.165, 1.54) is 17.8 Å². The number of carbonyl (C=O) groups excluding carboxylic acids is 1. The zero-order chi connectivity index (χ0) is 16.9. The number of amides is 1. The number of hydrogen-bond donors (Lipinski definition) is 2. The molecule has 0 aliphatic heterocycles. The SMILES string of the molecule is CCc1cc(C#N)c(NC(=O)CC23C[C@H]4C[C@@H](CC(O)(C4)C2)C3)s1. The normalized spacial score (nSPS) is 36.5. The number of aliphatic hydroxyl groups is 1. The van der Waals surface area contributed by atoms with Crippen LogP contribution in [0.3, 0.4) is 0 Å². The van der Waals surface area contributed by atoms with Gasteiger partial charge in [0, 0.05) is 11.3 Å². The summed E-state index contributed by atoms with van der Waals surface area (Å²) < 4.78 is 0. The molecule has 0 aromatic carbocycles. The lowest BCUT2D eigenvalue weighted by molar-refractivity contribution is -0.167. The van der Waals surface area contributed by atoms with Crippen molar-refractivity contribution in [2.45, 2.75) is 63.9 Å². The summed E-state index contributed by atoms with van der Waals surface area (Å²) >= 11 is 1.50. The van der Waals surface area contributed by atoms with Crippen LogP contribution in [0, 0.1) is 28.6 Å². The Kier molecular flexibility index (Phi) is 3.74. The summed E-state index contributed by atoms with van der Waals surface area (Å²) in [5.74, 6) is 1.18. The Morgan fingerprint density at radius 1 is 1.42 bits per heavy atom. The molecule has 0 saturated heterocycles. The van der Waals surface area contributed by atoms with Crippen LogP contribution in [0.2, 0.25) is 0 Å². The molecule has 2 atom stereocenters. The van der Waals surface area contributed by atoms with Gasteiger partial charge in [-0.1, -0.05) is 6.92 Å². The Morgan fingerprint density at radius 2 is 2.12 bits per heavy atom. The largest absolute Gasteiger partial charge is 0.390 e. The smallest absolute Gasteiger partial charge is 0.225 e. The maximum atomic E-state index is 12.7. The number of aryl methyl sites for hydroxylation is 1. The molecule has 0 unspecified atom stereocenters. The van der Waals surface area contributed by atoms with Crippen molar-refractivity contribution in [2.75, 3.05) is 5.32 Å². The van der Waals surface area contributed by atoms with Crippen LogP contribution in [0.1, 0.15) is 62.3 Å². The monoisotopic (exact) mass is 344 g/mol. The van der Waals surface area contributed by atoms with E-state index < -0.39 is 5.60 Å². The van der Waals surface area contributed by atoms with E-state index in [1.807, 2.05) is 6.07 Å². The molecule has 0 radical (unpaired) electrons. The number of rotatable bonds is 4.